The van der Waals surface area contributed by atoms with Crippen LogP contribution in [0.4, 0.5) is 0 Å². The van der Waals surface area contributed by atoms with Crippen molar-refractivity contribution in [3.63, 3.8) is 0 Å². The maximum atomic E-state index is 12.6. The molecule has 4 heteroatoms. The average Bonchev–Trinajstić information content (AvgIpc) is 2.95. The first kappa shape index (κ1) is 39.7. The summed E-state index contributed by atoms with van der Waals surface area (Å²) in [4.78, 5) is 23.3. The number of aliphatic carboxylic acids is 1. The number of carboxylic acids is 1. The molecule has 1 N–H and O–H groups in total. The van der Waals surface area contributed by atoms with E-state index in [0.29, 0.717) is 6.42 Å². The maximum absolute atomic E-state index is 12.6. The molecule has 4 nitrogen and oxygen atoms in total. The van der Waals surface area contributed by atoms with E-state index < -0.39 is 5.97 Å². The molecule has 242 valence electrons. The summed E-state index contributed by atoms with van der Waals surface area (Å²) < 4.78 is 5.98. The highest BCUT2D eigenvalue weighted by Gasteiger charge is 2.14. The van der Waals surface area contributed by atoms with Crippen LogP contribution in [0.1, 0.15) is 206 Å². The number of carbonyl (C=O) groups excluding carboxylic acids is 1. The van der Waals surface area contributed by atoms with Crippen molar-refractivity contribution in [3.8, 4) is 0 Å². The highest BCUT2D eigenvalue weighted by atomic mass is 16.5. The summed E-state index contributed by atoms with van der Waals surface area (Å²) in [6.07, 6.45) is 39.3. The van der Waals surface area contributed by atoms with Gasteiger partial charge in [0.15, 0.2) is 0 Å². The van der Waals surface area contributed by atoms with Gasteiger partial charge in [-0.15, -0.1) is 0 Å². The molecule has 0 rings (SSSR count). The number of hydrogen-bond donors (Lipinski definition) is 1. The van der Waals surface area contributed by atoms with E-state index in [0.717, 1.165) is 64.2 Å². The second-order valence-electron chi connectivity index (χ2n) is 12.4. The summed E-state index contributed by atoms with van der Waals surface area (Å²) in [7, 11) is 0. The number of unbranched alkanes of at least 4 members (excludes halogenated alkanes) is 22. The second kappa shape index (κ2) is 33.2. The highest BCUT2D eigenvalue weighted by Crippen LogP contribution is 2.19. The van der Waals surface area contributed by atoms with E-state index in [1.807, 2.05) is 0 Å². The summed E-state index contributed by atoms with van der Waals surface area (Å²) in [6, 6.07) is 0. The smallest absolute Gasteiger partial charge is 0.306 e. The Hall–Kier alpha value is -1.32. The van der Waals surface area contributed by atoms with E-state index in [2.05, 4.69) is 26.0 Å². The molecule has 0 saturated carbocycles. The van der Waals surface area contributed by atoms with Gasteiger partial charge in [0, 0.05) is 12.8 Å². The van der Waals surface area contributed by atoms with Crippen LogP contribution in [-0.4, -0.2) is 23.1 Å². The van der Waals surface area contributed by atoms with Gasteiger partial charge in [-0.2, -0.15) is 0 Å². The molecular formula is C37H70O4. The van der Waals surface area contributed by atoms with Gasteiger partial charge in [-0.25, -0.2) is 0 Å². The number of rotatable bonds is 33. The Morgan fingerprint density at radius 2 is 0.902 bits per heavy atom. The number of esters is 1. The molecule has 1 unspecified atom stereocenters. The van der Waals surface area contributed by atoms with Crippen LogP contribution in [0.3, 0.4) is 0 Å². The third-order valence-electron chi connectivity index (χ3n) is 8.24. The van der Waals surface area contributed by atoms with Crippen LogP contribution in [0.2, 0.25) is 0 Å². The molecule has 0 aromatic rings. The number of allylic oxidation sites excluding steroid dienone is 2. The topological polar surface area (TPSA) is 63.6 Å². The third kappa shape index (κ3) is 33.1. The minimum atomic E-state index is -0.699. The van der Waals surface area contributed by atoms with Crippen molar-refractivity contribution in [2.75, 3.05) is 0 Å². The zero-order valence-electron chi connectivity index (χ0n) is 27.6. The third-order valence-corrected chi connectivity index (χ3v) is 8.24. The van der Waals surface area contributed by atoms with Gasteiger partial charge >= 0.3 is 11.9 Å². The zero-order chi connectivity index (χ0) is 30.1. The summed E-state index contributed by atoms with van der Waals surface area (Å²) in [5.41, 5.74) is 0. The lowest BCUT2D eigenvalue weighted by atomic mass is 10.0. The Bertz CT molecular complexity index is 585. The second-order valence-corrected chi connectivity index (χ2v) is 12.4. The minimum absolute atomic E-state index is 0.00301. The Kier molecular flexibility index (Phi) is 32.1. The van der Waals surface area contributed by atoms with Crippen LogP contribution in [0.15, 0.2) is 12.2 Å². The largest absolute Gasteiger partial charge is 0.481 e. The molecule has 0 fully saturated rings. The molecular weight excluding hydrogens is 508 g/mol. The zero-order valence-corrected chi connectivity index (χ0v) is 27.6. The van der Waals surface area contributed by atoms with Crippen molar-refractivity contribution in [2.45, 2.75) is 213 Å². The van der Waals surface area contributed by atoms with Crippen LogP contribution in [0.5, 0.6) is 0 Å². The Balaban J connectivity index is 4.05. The van der Waals surface area contributed by atoms with Gasteiger partial charge < -0.3 is 9.84 Å². The fourth-order valence-electron chi connectivity index (χ4n) is 5.52. The molecule has 1 atom stereocenters. The van der Waals surface area contributed by atoms with Crippen LogP contribution >= 0.6 is 0 Å². The standard InChI is InChI=1S/C37H70O4/c1-3-5-7-9-11-13-15-17-19-21-26-30-34-37(40)41-35(32-28-24-22-25-29-33-36(38)39)31-27-23-20-18-16-14-12-10-8-6-4-2/h9,11,35H,3-8,10,12-34H2,1-2H3,(H,38,39)/b11-9-. The van der Waals surface area contributed by atoms with E-state index in [-0.39, 0.29) is 18.5 Å². The highest BCUT2D eigenvalue weighted by molar-refractivity contribution is 5.69. The van der Waals surface area contributed by atoms with E-state index in [1.54, 1.807) is 0 Å². The fourth-order valence-corrected chi connectivity index (χ4v) is 5.52. The molecule has 0 radical (unpaired) electrons. The Labute approximate surface area is 255 Å². The lowest BCUT2D eigenvalue weighted by Crippen LogP contribution is -2.18. The predicted octanol–water partition coefficient (Wildman–Crippen LogP) is 12.3. The number of carbonyl (C=O) groups is 2. The lowest BCUT2D eigenvalue weighted by Gasteiger charge is -2.18. The first-order valence-electron chi connectivity index (χ1n) is 18.2. The lowest BCUT2D eigenvalue weighted by molar-refractivity contribution is -0.150. The van der Waals surface area contributed by atoms with Crippen LogP contribution in [-0.2, 0) is 14.3 Å². The molecule has 0 aliphatic rings. The van der Waals surface area contributed by atoms with Crippen molar-refractivity contribution in [1.82, 2.24) is 0 Å². The van der Waals surface area contributed by atoms with Crippen molar-refractivity contribution in [1.29, 1.82) is 0 Å². The van der Waals surface area contributed by atoms with Gasteiger partial charge in [-0.1, -0.05) is 148 Å². The average molecular weight is 579 g/mol. The van der Waals surface area contributed by atoms with Crippen molar-refractivity contribution >= 4 is 11.9 Å². The molecule has 0 spiro atoms. The summed E-state index contributed by atoms with van der Waals surface area (Å²) >= 11 is 0. The molecule has 0 aliphatic heterocycles. The minimum Gasteiger partial charge on any atom is -0.481 e. The molecule has 41 heavy (non-hydrogen) atoms. The first-order valence-corrected chi connectivity index (χ1v) is 18.2. The summed E-state index contributed by atoms with van der Waals surface area (Å²) in [5.74, 6) is -0.703. The van der Waals surface area contributed by atoms with Crippen LogP contribution in [0.25, 0.3) is 0 Å². The predicted molar refractivity (Wildman–Crippen MR) is 177 cm³/mol. The van der Waals surface area contributed by atoms with Gasteiger partial charge in [0.25, 0.3) is 0 Å². The van der Waals surface area contributed by atoms with E-state index >= 15 is 0 Å². The van der Waals surface area contributed by atoms with Gasteiger partial charge in [-0.3, -0.25) is 9.59 Å². The van der Waals surface area contributed by atoms with E-state index in [4.69, 9.17) is 9.84 Å². The van der Waals surface area contributed by atoms with Gasteiger partial charge in [0.05, 0.1) is 0 Å². The van der Waals surface area contributed by atoms with E-state index in [1.165, 1.54) is 116 Å². The molecule has 0 bridgehead atoms. The van der Waals surface area contributed by atoms with Gasteiger partial charge in [-0.05, 0) is 57.8 Å². The quantitative estimate of drug-likeness (QED) is 0.0478. The van der Waals surface area contributed by atoms with E-state index in [9.17, 15) is 9.59 Å². The Morgan fingerprint density at radius 3 is 1.39 bits per heavy atom. The number of ether oxygens (including phenoxy) is 1. The number of carboxylic acid groups (broad SMARTS) is 1. The molecule has 0 saturated heterocycles. The summed E-state index contributed by atoms with van der Waals surface area (Å²) in [5, 5.41) is 8.79. The monoisotopic (exact) mass is 579 g/mol. The first-order chi connectivity index (χ1) is 20.1. The molecule has 0 heterocycles. The molecule has 0 aromatic heterocycles. The normalized spacial score (nSPS) is 12.2. The molecule has 0 aromatic carbocycles. The Morgan fingerprint density at radius 1 is 0.512 bits per heavy atom. The summed E-state index contributed by atoms with van der Waals surface area (Å²) in [6.45, 7) is 4.51. The van der Waals surface area contributed by atoms with Crippen molar-refractivity contribution in [3.05, 3.63) is 12.2 Å². The molecule has 0 aliphatic carbocycles. The van der Waals surface area contributed by atoms with Gasteiger partial charge in [0.1, 0.15) is 6.10 Å². The maximum Gasteiger partial charge on any atom is 0.306 e. The fraction of sp³-hybridized carbons (Fsp3) is 0.892. The SMILES string of the molecule is CCCC/C=C\CCCCCCCCC(=O)OC(CCCCCCCCCCCCC)CCCCCCCC(=O)O. The van der Waals surface area contributed by atoms with Crippen LogP contribution in [0, 0.1) is 0 Å². The van der Waals surface area contributed by atoms with Gasteiger partial charge in [0.2, 0.25) is 0 Å². The van der Waals surface area contributed by atoms with Crippen LogP contribution < -0.4 is 0 Å². The van der Waals surface area contributed by atoms with Crippen molar-refractivity contribution < 1.29 is 19.4 Å². The molecule has 0 amide bonds. The number of hydrogen-bond acceptors (Lipinski definition) is 3. The van der Waals surface area contributed by atoms with Crippen molar-refractivity contribution in [2.24, 2.45) is 0 Å².